The molecule has 35 heavy (non-hydrogen) atoms. The molecule has 0 aliphatic rings. The first-order chi connectivity index (χ1) is 16.6. The van der Waals surface area contributed by atoms with Crippen molar-refractivity contribution in [3.63, 3.8) is 0 Å². The summed E-state index contributed by atoms with van der Waals surface area (Å²) in [6.45, 7) is 5.14. The summed E-state index contributed by atoms with van der Waals surface area (Å²) in [7, 11) is 0. The summed E-state index contributed by atoms with van der Waals surface area (Å²) in [5.41, 5.74) is 13.1. The molecule has 0 aliphatic heterocycles. The van der Waals surface area contributed by atoms with Crippen LogP contribution in [0.4, 0.5) is 11.4 Å². The minimum absolute atomic E-state index is 0.0283. The number of carbonyl (C=O) groups is 4. The smallest absolute Gasteiger partial charge is 0.325 e. The Labute approximate surface area is 210 Å². The van der Waals surface area contributed by atoms with Crippen LogP contribution in [0.2, 0.25) is 0 Å². The number of esters is 1. The summed E-state index contributed by atoms with van der Waals surface area (Å²) < 4.78 is 8.84. The number of benzene rings is 1. The maximum Gasteiger partial charge on any atom is 0.325 e. The van der Waals surface area contributed by atoms with Crippen LogP contribution in [0, 0.1) is 13.8 Å². The number of nitrogens with two attached hydrogens (primary N) is 2. The van der Waals surface area contributed by atoms with Crippen LogP contribution >= 0.6 is 22.9 Å². The molecule has 0 saturated heterocycles. The van der Waals surface area contributed by atoms with E-state index in [4.69, 9.17) is 16.2 Å². The van der Waals surface area contributed by atoms with Crippen LogP contribution < -0.4 is 21.7 Å². The number of rotatable bonds is 9. The van der Waals surface area contributed by atoms with Crippen molar-refractivity contribution in [2.24, 2.45) is 5.73 Å². The number of aryl methyl sites for hydroxylation is 2. The van der Waals surface area contributed by atoms with Crippen molar-refractivity contribution in [2.45, 2.75) is 26.8 Å². The predicted molar refractivity (Wildman–Crippen MR) is 134 cm³/mol. The van der Waals surface area contributed by atoms with E-state index in [2.05, 4.69) is 9.69 Å². The van der Waals surface area contributed by atoms with Gasteiger partial charge in [0.25, 0.3) is 11.8 Å². The van der Waals surface area contributed by atoms with E-state index in [1.165, 1.54) is 16.2 Å². The molecule has 10 nitrogen and oxygen atoms in total. The fourth-order valence-electron chi connectivity index (χ4n) is 3.37. The van der Waals surface area contributed by atoms with Crippen LogP contribution in [0.5, 0.6) is 0 Å². The number of aromatic nitrogens is 1. The Morgan fingerprint density at radius 2 is 1.94 bits per heavy atom. The number of nitrogen functional groups attached to an aromatic ring is 1. The maximum atomic E-state index is 13.9. The van der Waals surface area contributed by atoms with Crippen molar-refractivity contribution in [2.75, 3.05) is 23.8 Å². The highest BCUT2D eigenvalue weighted by molar-refractivity contribution is 7.10. The number of amides is 3. The largest absolute Gasteiger partial charge is 0.465 e. The lowest BCUT2D eigenvalue weighted by Gasteiger charge is -2.31. The van der Waals surface area contributed by atoms with Gasteiger partial charge in [-0.25, -0.2) is 0 Å². The first kappa shape index (κ1) is 25.8. The van der Waals surface area contributed by atoms with Crippen molar-refractivity contribution in [1.29, 1.82) is 0 Å². The van der Waals surface area contributed by atoms with Gasteiger partial charge < -0.3 is 21.5 Å². The molecule has 0 saturated carbocycles. The molecule has 12 heteroatoms. The molecule has 1 atom stereocenters. The Hall–Kier alpha value is -3.77. The fraction of sp³-hybridized carbons (Fsp3) is 0.261. The van der Waals surface area contributed by atoms with E-state index in [0.29, 0.717) is 10.6 Å². The predicted octanol–water partition coefficient (Wildman–Crippen LogP) is 2.57. The highest BCUT2D eigenvalue weighted by Gasteiger charge is 2.37. The molecule has 184 valence electrons. The van der Waals surface area contributed by atoms with Gasteiger partial charge in [0.15, 0.2) is 11.7 Å². The van der Waals surface area contributed by atoms with Gasteiger partial charge in [0, 0.05) is 10.6 Å². The van der Waals surface area contributed by atoms with Crippen molar-refractivity contribution < 1.29 is 23.9 Å². The van der Waals surface area contributed by atoms with E-state index in [9.17, 15) is 19.2 Å². The van der Waals surface area contributed by atoms with Gasteiger partial charge in [-0.2, -0.15) is 4.37 Å². The molecule has 3 rings (SSSR count). The molecule has 0 fully saturated rings. The molecule has 1 aromatic carbocycles. The molecular formula is C23H25N5O5S2. The first-order valence-electron chi connectivity index (χ1n) is 10.6. The Morgan fingerprint density at radius 3 is 2.54 bits per heavy atom. The molecule has 0 aliphatic carbocycles. The normalized spacial score (nSPS) is 11.5. The quantitative estimate of drug-likeness (QED) is 0.370. The summed E-state index contributed by atoms with van der Waals surface area (Å²) >= 11 is 2.00. The van der Waals surface area contributed by atoms with E-state index in [1.807, 2.05) is 26.0 Å². The lowest BCUT2D eigenvalue weighted by Crippen LogP contribution is -2.45. The molecule has 0 unspecified atom stereocenters. The van der Waals surface area contributed by atoms with Crippen molar-refractivity contribution >= 4 is 57.9 Å². The molecule has 3 aromatic rings. The third-order valence-electron chi connectivity index (χ3n) is 5.03. The van der Waals surface area contributed by atoms with Crippen molar-refractivity contribution in [3.8, 4) is 0 Å². The van der Waals surface area contributed by atoms with Gasteiger partial charge in [-0.1, -0.05) is 18.2 Å². The number of carbonyl (C=O) groups excluding carboxylic acids is 4. The first-order valence-corrected chi connectivity index (χ1v) is 12.2. The van der Waals surface area contributed by atoms with Gasteiger partial charge >= 0.3 is 5.97 Å². The molecule has 2 heterocycles. The topological polar surface area (TPSA) is 158 Å². The van der Waals surface area contributed by atoms with Gasteiger partial charge in [-0.05, 0) is 60.9 Å². The van der Waals surface area contributed by atoms with Crippen LogP contribution in [0.25, 0.3) is 0 Å². The minimum Gasteiger partial charge on any atom is -0.465 e. The Balaban J connectivity index is 2.15. The number of primary amides is 1. The lowest BCUT2D eigenvalue weighted by atomic mass is 10.1. The van der Waals surface area contributed by atoms with Gasteiger partial charge in [-0.3, -0.25) is 24.1 Å². The molecule has 0 bridgehead atoms. The Morgan fingerprint density at radius 1 is 1.20 bits per heavy atom. The van der Waals surface area contributed by atoms with E-state index in [1.54, 1.807) is 30.5 Å². The fourth-order valence-corrected chi connectivity index (χ4v) is 4.93. The maximum absolute atomic E-state index is 13.9. The summed E-state index contributed by atoms with van der Waals surface area (Å²) in [6, 6.07) is 7.82. The number of hydrogen-bond acceptors (Lipinski definition) is 9. The second-order valence-corrected chi connectivity index (χ2v) is 9.30. The SMILES string of the molecule is CCOC(=O)CNC(=O)[C@@H](c1cccs1)N(C(=O)c1snc(C(N)=O)c1N)c1cc(C)ccc1C. The monoisotopic (exact) mass is 515 g/mol. The zero-order chi connectivity index (χ0) is 25.7. The molecule has 2 aromatic heterocycles. The third kappa shape index (κ3) is 5.66. The number of ether oxygens (including phenoxy) is 1. The van der Waals surface area contributed by atoms with Gasteiger partial charge in [0.1, 0.15) is 11.4 Å². The van der Waals surface area contributed by atoms with Crippen LogP contribution in [0.3, 0.4) is 0 Å². The lowest BCUT2D eigenvalue weighted by molar-refractivity contribution is -0.143. The average Bonchev–Trinajstić information content (AvgIpc) is 3.47. The molecule has 3 amide bonds. The number of hydrogen-bond donors (Lipinski definition) is 3. The molecule has 0 spiro atoms. The summed E-state index contributed by atoms with van der Waals surface area (Å²) in [4.78, 5) is 52.8. The minimum atomic E-state index is -1.14. The standard InChI is InChI=1S/C23H25N5O5S2/c1-4-33-16(29)11-26-22(31)19(15-6-5-9-34-15)28(14-10-12(2)7-8-13(14)3)23(32)20-17(24)18(21(25)30)27-35-20/h5-10,19H,4,11,24H2,1-3H3,(H2,25,30)(H,26,31)/t19-/m1/s1. The van der Waals surface area contributed by atoms with Crippen LogP contribution in [0.1, 0.15) is 49.1 Å². The van der Waals surface area contributed by atoms with Gasteiger partial charge in [0.2, 0.25) is 5.91 Å². The zero-order valence-electron chi connectivity index (χ0n) is 19.4. The van der Waals surface area contributed by atoms with E-state index >= 15 is 0 Å². The summed E-state index contributed by atoms with van der Waals surface area (Å²) in [6.07, 6.45) is 0. The second-order valence-electron chi connectivity index (χ2n) is 7.54. The van der Waals surface area contributed by atoms with Crippen LogP contribution in [-0.2, 0) is 14.3 Å². The number of anilines is 2. The summed E-state index contributed by atoms with van der Waals surface area (Å²) in [5.74, 6) is -2.69. The van der Waals surface area contributed by atoms with Crippen molar-refractivity contribution in [3.05, 3.63) is 62.3 Å². The van der Waals surface area contributed by atoms with Gasteiger partial charge in [-0.15, -0.1) is 11.3 Å². The number of thiophene rings is 1. The van der Waals surface area contributed by atoms with E-state index < -0.39 is 29.7 Å². The number of nitrogens with one attached hydrogen (secondary N) is 1. The van der Waals surface area contributed by atoms with Crippen molar-refractivity contribution in [1.82, 2.24) is 9.69 Å². The van der Waals surface area contributed by atoms with E-state index in [-0.39, 0.29) is 29.4 Å². The molecular weight excluding hydrogens is 490 g/mol. The Bertz CT molecular complexity index is 1260. The van der Waals surface area contributed by atoms with Gasteiger partial charge in [0.05, 0.1) is 12.3 Å². The average molecular weight is 516 g/mol. The zero-order valence-corrected chi connectivity index (χ0v) is 21.0. The number of nitrogens with zero attached hydrogens (tertiary/aromatic N) is 2. The second kappa shape index (κ2) is 11.1. The van der Waals surface area contributed by atoms with Crippen LogP contribution in [0.15, 0.2) is 35.7 Å². The molecule has 5 N–H and O–H groups in total. The summed E-state index contributed by atoms with van der Waals surface area (Å²) in [5, 5.41) is 4.34. The van der Waals surface area contributed by atoms with E-state index in [0.717, 1.165) is 22.7 Å². The molecule has 0 radical (unpaired) electrons. The Kier molecular flexibility index (Phi) is 8.20. The highest BCUT2D eigenvalue weighted by atomic mass is 32.1. The third-order valence-corrected chi connectivity index (χ3v) is 6.81. The highest BCUT2D eigenvalue weighted by Crippen LogP contribution is 2.36. The van der Waals surface area contributed by atoms with Crippen LogP contribution in [-0.4, -0.2) is 41.2 Å².